The van der Waals surface area contributed by atoms with E-state index in [0.29, 0.717) is 0 Å². The van der Waals surface area contributed by atoms with E-state index in [4.69, 9.17) is 10.00 Å². The van der Waals surface area contributed by atoms with Crippen molar-refractivity contribution in [2.24, 2.45) is 0 Å². The Balaban J connectivity index is 2.54. The van der Waals surface area contributed by atoms with E-state index in [1.165, 1.54) is 11.1 Å². The van der Waals surface area contributed by atoms with Gasteiger partial charge in [-0.1, -0.05) is 24.3 Å². The largest absolute Gasteiger partial charge is 0.500 e. The minimum atomic E-state index is 0.734. The average Bonchev–Trinajstić information content (AvgIpc) is 2.36. The maximum absolute atomic E-state index is 8.99. The molecule has 0 aliphatic carbocycles. The fourth-order valence-corrected chi connectivity index (χ4v) is 1.78. The highest BCUT2D eigenvalue weighted by Gasteiger charge is 2.03. The van der Waals surface area contributed by atoms with Crippen LogP contribution in [-0.4, -0.2) is 7.11 Å². The molecule has 0 aromatic heterocycles. The molecule has 90 valence electrons. The highest BCUT2D eigenvalue weighted by atomic mass is 16.5. The highest BCUT2D eigenvalue weighted by Crippen LogP contribution is 2.15. The van der Waals surface area contributed by atoms with E-state index < -0.39 is 0 Å². The van der Waals surface area contributed by atoms with Crippen LogP contribution in [0.15, 0.2) is 35.6 Å². The Morgan fingerprint density at radius 1 is 1.35 bits per heavy atom. The van der Waals surface area contributed by atoms with Crippen LogP contribution >= 0.6 is 0 Å². The summed E-state index contributed by atoms with van der Waals surface area (Å²) in [7, 11) is 1.61. The fraction of sp³-hybridized carbons (Fsp3) is 0.400. The zero-order chi connectivity index (χ0) is 12.7. The molecule has 0 aliphatic heterocycles. The van der Waals surface area contributed by atoms with Gasteiger partial charge in [-0.15, -0.1) is 0 Å². The van der Waals surface area contributed by atoms with Gasteiger partial charge in [0.05, 0.1) is 18.8 Å². The second kappa shape index (κ2) is 6.75. The first kappa shape index (κ1) is 13.3. The summed E-state index contributed by atoms with van der Waals surface area (Å²) in [6.07, 6.45) is 2.77. The molecule has 17 heavy (non-hydrogen) atoms. The molecule has 2 heteroatoms. The van der Waals surface area contributed by atoms with Crippen molar-refractivity contribution in [3.05, 3.63) is 46.7 Å². The lowest BCUT2D eigenvalue weighted by molar-refractivity contribution is 0.289. The van der Waals surface area contributed by atoms with Crippen molar-refractivity contribution in [3.63, 3.8) is 0 Å². The number of aryl methyl sites for hydroxylation is 2. The summed E-state index contributed by atoms with van der Waals surface area (Å²) >= 11 is 0. The molecule has 0 heterocycles. The van der Waals surface area contributed by atoms with Gasteiger partial charge in [0.15, 0.2) is 0 Å². The Morgan fingerprint density at radius 3 is 2.65 bits per heavy atom. The standard InChI is InChI=1S/C15H19NO/c1-12-7-4-5-8-14(12)9-6-10-15(11-16)13(2)17-3/h4-5,7-8H,6,9-10H2,1-3H3/b15-13+. The smallest absolute Gasteiger partial charge is 0.106 e. The number of nitrogens with zero attached hydrogens (tertiary/aromatic N) is 1. The van der Waals surface area contributed by atoms with Crippen LogP contribution in [0.2, 0.25) is 0 Å². The predicted molar refractivity (Wildman–Crippen MR) is 69.4 cm³/mol. The van der Waals surface area contributed by atoms with Gasteiger partial charge in [-0.2, -0.15) is 5.26 Å². The van der Waals surface area contributed by atoms with Gasteiger partial charge >= 0.3 is 0 Å². The van der Waals surface area contributed by atoms with Gasteiger partial charge in [-0.3, -0.25) is 0 Å². The van der Waals surface area contributed by atoms with Crippen molar-refractivity contribution in [1.82, 2.24) is 0 Å². The normalized spacial score (nSPS) is 11.6. The van der Waals surface area contributed by atoms with Gasteiger partial charge in [-0.05, 0) is 44.2 Å². The summed E-state index contributed by atoms with van der Waals surface area (Å²) in [4.78, 5) is 0. The lowest BCUT2D eigenvalue weighted by Gasteiger charge is -2.06. The molecule has 1 rings (SSSR count). The average molecular weight is 229 g/mol. The first-order valence-corrected chi connectivity index (χ1v) is 5.87. The van der Waals surface area contributed by atoms with Gasteiger partial charge in [0, 0.05) is 0 Å². The van der Waals surface area contributed by atoms with Crippen LogP contribution in [0.5, 0.6) is 0 Å². The molecule has 0 saturated heterocycles. The molecule has 0 saturated carbocycles. The van der Waals surface area contributed by atoms with Gasteiger partial charge in [0.25, 0.3) is 0 Å². The highest BCUT2D eigenvalue weighted by molar-refractivity contribution is 5.27. The second-order valence-corrected chi connectivity index (χ2v) is 4.13. The molecule has 0 spiro atoms. The molecule has 0 radical (unpaired) electrons. The molecule has 0 fully saturated rings. The summed E-state index contributed by atoms with van der Waals surface area (Å²) in [5.41, 5.74) is 3.43. The lowest BCUT2D eigenvalue weighted by atomic mass is 10.0. The van der Waals surface area contributed by atoms with Crippen molar-refractivity contribution >= 4 is 0 Å². The van der Waals surface area contributed by atoms with Crippen LogP contribution in [0.25, 0.3) is 0 Å². The summed E-state index contributed by atoms with van der Waals surface area (Å²) < 4.78 is 5.09. The molecule has 0 atom stereocenters. The van der Waals surface area contributed by atoms with Gasteiger partial charge in [0.1, 0.15) is 5.76 Å². The van der Waals surface area contributed by atoms with Crippen LogP contribution in [0.3, 0.4) is 0 Å². The maximum Gasteiger partial charge on any atom is 0.106 e. The molecular formula is C15H19NO. The topological polar surface area (TPSA) is 33.0 Å². The molecule has 0 bridgehead atoms. The van der Waals surface area contributed by atoms with E-state index in [1.807, 2.05) is 6.92 Å². The Kier molecular flexibility index (Phi) is 5.29. The number of rotatable bonds is 5. The van der Waals surface area contributed by atoms with Crippen LogP contribution < -0.4 is 0 Å². The first-order valence-electron chi connectivity index (χ1n) is 5.87. The van der Waals surface area contributed by atoms with Gasteiger partial charge in [0.2, 0.25) is 0 Å². The molecule has 1 aromatic rings. The van der Waals surface area contributed by atoms with Crippen LogP contribution in [-0.2, 0) is 11.2 Å². The molecule has 0 N–H and O–H groups in total. The number of hydrogen-bond acceptors (Lipinski definition) is 2. The van der Waals surface area contributed by atoms with Crippen molar-refractivity contribution < 1.29 is 4.74 Å². The Morgan fingerprint density at radius 2 is 2.06 bits per heavy atom. The quantitative estimate of drug-likeness (QED) is 0.569. The van der Waals surface area contributed by atoms with Crippen LogP contribution in [0.1, 0.15) is 30.9 Å². The molecular weight excluding hydrogens is 210 g/mol. The van der Waals surface area contributed by atoms with E-state index in [9.17, 15) is 0 Å². The molecule has 0 unspecified atom stereocenters. The third-order valence-corrected chi connectivity index (χ3v) is 3.00. The Labute approximate surface area is 104 Å². The van der Waals surface area contributed by atoms with Crippen LogP contribution in [0, 0.1) is 18.3 Å². The molecule has 0 amide bonds. The van der Waals surface area contributed by atoms with E-state index >= 15 is 0 Å². The van der Waals surface area contributed by atoms with Crippen molar-refractivity contribution in [2.45, 2.75) is 33.1 Å². The minimum absolute atomic E-state index is 0.734. The number of benzene rings is 1. The maximum atomic E-state index is 8.99. The zero-order valence-corrected chi connectivity index (χ0v) is 10.8. The molecule has 1 aromatic carbocycles. The van der Waals surface area contributed by atoms with E-state index in [0.717, 1.165) is 30.6 Å². The van der Waals surface area contributed by atoms with E-state index in [-0.39, 0.29) is 0 Å². The first-order chi connectivity index (χ1) is 8.19. The molecule has 2 nitrogen and oxygen atoms in total. The van der Waals surface area contributed by atoms with E-state index in [2.05, 4.69) is 37.3 Å². The Bertz CT molecular complexity index is 440. The summed E-state index contributed by atoms with van der Waals surface area (Å²) in [5, 5.41) is 8.99. The summed E-state index contributed by atoms with van der Waals surface area (Å²) in [6.45, 7) is 3.96. The monoisotopic (exact) mass is 229 g/mol. The summed E-state index contributed by atoms with van der Waals surface area (Å²) in [5.74, 6) is 0.734. The second-order valence-electron chi connectivity index (χ2n) is 4.13. The van der Waals surface area contributed by atoms with E-state index in [1.54, 1.807) is 7.11 Å². The minimum Gasteiger partial charge on any atom is -0.500 e. The zero-order valence-electron chi connectivity index (χ0n) is 10.8. The number of nitriles is 1. The van der Waals surface area contributed by atoms with Gasteiger partial charge < -0.3 is 4.74 Å². The van der Waals surface area contributed by atoms with Crippen molar-refractivity contribution in [2.75, 3.05) is 7.11 Å². The number of ether oxygens (including phenoxy) is 1. The van der Waals surface area contributed by atoms with Crippen molar-refractivity contribution in [1.29, 1.82) is 5.26 Å². The third-order valence-electron chi connectivity index (χ3n) is 3.00. The Hall–Kier alpha value is -1.75. The van der Waals surface area contributed by atoms with Crippen LogP contribution in [0.4, 0.5) is 0 Å². The number of allylic oxidation sites excluding steroid dienone is 2. The number of methoxy groups -OCH3 is 1. The fourth-order valence-electron chi connectivity index (χ4n) is 1.78. The SMILES string of the molecule is CO/C(C)=C(/C#N)CCCc1ccccc1C. The molecule has 0 aliphatic rings. The van der Waals surface area contributed by atoms with Gasteiger partial charge in [-0.25, -0.2) is 0 Å². The lowest BCUT2D eigenvalue weighted by Crippen LogP contribution is -1.93. The van der Waals surface area contributed by atoms with Crippen molar-refractivity contribution in [3.8, 4) is 6.07 Å². The predicted octanol–water partition coefficient (Wildman–Crippen LogP) is 3.76. The summed E-state index contributed by atoms with van der Waals surface area (Å²) in [6, 6.07) is 10.6. The third kappa shape index (κ3) is 3.96. The number of hydrogen-bond donors (Lipinski definition) is 0.